The maximum absolute atomic E-state index is 11.3. The van der Waals surface area contributed by atoms with Gasteiger partial charge in [-0.2, -0.15) is 0 Å². The third-order valence-electron chi connectivity index (χ3n) is 3.02. The van der Waals surface area contributed by atoms with Crippen LogP contribution in [0.15, 0.2) is 9.59 Å². The van der Waals surface area contributed by atoms with E-state index in [1.807, 2.05) is 0 Å². The van der Waals surface area contributed by atoms with Crippen LogP contribution >= 0.6 is 0 Å². The highest BCUT2D eigenvalue weighted by molar-refractivity contribution is 5.28. The van der Waals surface area contributed by atoms with Crippen LogP contribution in [0.5, 0.6) is 0 Å². The first-order chi connectivity index (χ1) is 8.15. The summed E-state index contributed by atoms with van der Waals surface area (Å²) in [5, 5.41) is 18.2. The molecule has 1 saturated carbocycles. The fourth-order valence-corrected chi connectivity index (χ4v) is 2.16. The Morgan fingerprint density at radius 3 is 2.94 bits per heavy atom. The fraction of sp³-hybridized carbons (Fsp3) is 0.700. The van der Waals surface area contributed by atoms with Gasteiger partial charge in [0.1, 0.15) is 0 Å². The van der Waals surface area contributed by atoms with Crippen molar-refractivity contribution in [2.24, 2.45) is 5.92 Å². The summed E-state index contributed by atoms with van der Waals surface area (Å²) < 4.78 is 0. The molecule has 1 fully saturated rings. The van der Waals surface area contributed by atoms with Crippen molar-refractivity contribution in [1.82, 2.24) is 15.2 Å². The molecule has 0 saturated heterocycles. The van der Waals surface area contributed by atoms with Crippen LogP contribution in [-0.2, 0) is 0 Å². The van der Waals surface area contributed by atoms with Crippen molar-refractivity contribution in [1.29, 1.82) is 0 Å². The minimum Gasteiger partial charge on any atom is -0.393 e. The second-order valence-corrected chi connectivity index (χ2v) is 4.42. The first-order valence-corrected chi connectivity index (χ1v) is 5.76. The van der Waals surface area contributed by atoms with Gasteiger partial charge in [-0.3, -0.25) is 9.78 Å². The summed E-state index contributed by atoms with van der Waals surface area (Å²) in [4.78, 5) is 24.2. The van der Waals surface area contributed by atoms with Gasteiger partial charge in [0.25, 0.3) is 5.56 Å². The van der Waals surface area contributed by atoms with E-state index < -0.39 is 11.2 Å². The highest BCUT2D eigenvalue weighted by Gasteiger charge is 2.20. The molecule has 7 heteroatoms. The van der Waals surface area contributed by atoms with Gasteiger partial charge in [0.2, 0.25) is 5.82 Å². The summed E-state index contributed by atoms with van der Waals surface area (Å²) in [7, 11) is 0. The first-order valence-electron chi connectivity index (χ1n) is 5.76. The lowest BCUT2D eigenvalue weighted by atomic mass is 9.87. The molecular weight excluding hydrogens is 224 g/mol. The van der Waals surface area contributed by atoms with Crippen LogP contribution in [0.2, 0.25) is 0 Å². The molecule has 1 heterocycles. The molecule has 0 spiro atoms. The maximum Gasteiger partial charge on any atom is 0.342 e. The SMILES string of the molecule is O=c1[nH]nc(NCC2CCCC(O)C2)c(=O)[nH]1. The zero-order valence-electron chi connectivity index (χ0n) is 9.40. The highest BCUT2D eigenvalue weighted by Crippen LogP contribution is 2.23. The molecule has 0 bridgehead atoms. The maximum atomic E-state index is 11.3. The van der Waals surface area contributed by atoms with Crippen molar-refractivity contribution in [2.45, 2.75) is 31.8 Å². The Morgan fingerprint density at radius 2 is 2.24 bits per heavy atom. The predicted molar refractivity (Wildman–Crippen MR) is 61.9 cm³/mol. The Morgan fingerprint density at radius 1 is 1.41 bits per heavy atom. The summed E-state index contributed by atoms with van der Waals surface area (Å²) >= 11 is 0. The zero-order valence-corrected chi connectivity index (χ0v) is 9.40. The first kappa shape index (κ1) is 11.8. The molecule has 0 aromatic carbocycles. The predicted octanol–water partition coefficient (Wildman–Crippen LogP) is -0.579. The monoisotopic (exact) mass is 240 g/mol. The highest BCUT2D eigenvalue weighted by atomic mass is 16.3. The van der Waals surface area contributed by atoms with Crippen LogP contribution in [0, 0.1) is 5.92 Å². The molecule has 2 unspecified atom stereocenters. The fourth-order valence-electron chi connectivity index (χ4n) is 2.16. The van der Waals surface area contributed by atoms with Gasteiger partial charge >= 0.3 is 5.69 Å². The van der Waals surface area contributed by atoms with E-state index >= 15 is 0 Å². The number of aliphatic hydroxyl groups excluding tert-OH is 1. The van der Waals surface area contributed by atoms with Crippen molar-refractivity contribution in [3.63, 3.8) is 0 Å². The van der Waals surface area contributed by atoms with Crippen LogP contribution in [0.1, 0.15) is 25.7 Å². The molecule has 4 N–H and O–H groups in total. The van der Waals surface area contributed by atoms with Gasteiger partial charge in [0, 0.05) is 6.54 Å². The normalized spacial score (nSPS) is 24.5. The molecule has 2 atom stereocenters. The molecular formula is C10H16N4O3. The van der Waals surface area contributed by atoms with Gasteiger partial charge in [0.05, 0.1) is 6.10 Å². The van der Waals surface area contributed by atoms with Crippen LogP contribution in [0.3, 0.4) is 0 Å². The van der Waals surface area contributed by atoms with Crippen molar-refractivity contribution in [3.8, 4) is 0 Å². The number of H-pyrrole nitrogens is 2. The van der Waals surface area contributed by atoms with E-state index in [0.717, 1.165) is 25.7 Å². The third kappa shape index (κ3) is 3.16. The summed E-state index contributed by atoms with van der Waals surface area (Å²) in [6.07, 6.45) is 3.40. The van der Waals surface area contributed by atoms with Crippen LogP contribution in [-0.4, -0.2) is 32.9 Å². The zero-order chi connectivity index (χ0) is 12.3. The molecule has 94 valence electrons. The largest absolute Gasteiger partial charge is 0.393 e. The number of hydrogen-bond acceptors (Lipinski definition) is 5. The Bertz CT molecular complexity index is 481. The van der Waals surface area contributed by atoms with E-state index in [2.05, 4.69) is 20.5 Å². The van der Waals surface area contributed by atoms with E-state index in [1.165, 1.54) is 0 Å². The van der Waals surface area contributed by atoms with Crippen molar-refractivity contribution >= 4 is 5.82 Å². The lowest BCUT2D eigenvalue weighted by molar-refractivity contribution is 0.104. The second kappa shape index (κ2) is 5.13. The van der Waals surface area contributed by atoms with E-state index in [4.69, 9.17) is 0 Å². The molecule has 0 amide bonds. The van der Waals surface area contributed by atoms with Gasteiger partial charge in [-0.25, -0.2) is 9.89 Å². The number of hydrogen-bond donors (Lipinski definition) is 4. The summed E-state index contributed by atoms with van der Waals surface area (Å²) in [6, 6.07) is 0. The number of nitrogens with zero attached hydrogens (tertiary/aromatic N) is 1. The molecule has 1 aliphatic rings. The van der Waals surface area contributed by atoms with Gasteiger partial charge in [0.15, 0.2) is 0 Å². The Hall–Kier alpha value is -1.63. The standard InChI is InChI=1S/C10H16N4O3/c15-7-3-1-2-6(4-7)5-11-8-9(16)12-10(17)14-13-8/h6-7,15H,1-5H2,(H,11,13)(H2,12,14,16,17). The van der Waals surface area contributed by atoms with Gasteiger partial charge in [-0.05, 0) is 25.2 Å². The molecule has 2 rings (SSSR count). The molecule has 0 radical (unpaired) electrons. The Kier molecular flexibility index (Phi) is 3.58. The summed E-state index contributed by atoms with van der Waals surface area (Å²) in [5.74, 6) is 0.455. The number of aromatic nitrogens is 3. The van der Waals surface area contributed by atoms with Gasteiger partial charge in [-0.1, -0.05) is 6.42 Å². The number of rotatable bonds is 3. The van der Waals surface area contributed by atoms with Gasteiger partial charge < -0.3 is 10.4 Å². The number of anilines is 1. The average Bonchev–Trinajstić information content (AvgIpc) is 2.28. The lowest BCUT2D eigenvalue weighted by Crippen LogP contribution is -2.30. The van der Waals surface area contributed by atoms with Crippen LogP contribution < -0.4 is 16.6 Å². The Labute approximate surface area is 97.3 Å². The summed E-state index contributed by atoms with van der Waals surface area (Å²) in [6.45, 7) is 0.583. The van der Waals surface area contributed by atoms with Crippen molar-refractivity contribution < 1.29 is 5.11 Å². The molecule has 1 aliphatic carbocycles. The molecule has 0 aliphatic heterocycles. The minimum atomic E-state index is -0.617. The number of aromatic amines is 2. The second-order valence-electron chi connectivity index (χ2n) is 4.42. The lowest BCUT2D eigenvalue weighted by Gasteiger charge is -2.25. The van der Waals surface area contributed by atoms with Gasteiger partial charge in [-0.15, -0.1) is 5.10 Å². The van der Waals surface area contributed by atoms with E-state index in [9.17, 15) is 14.7 Å². The molecule has 1 aromatic heterocycles. The van der Waals surface area contributed by atoms with E-state index in [1.54, 1.807) is 0 Å². The topological polar surface area (TPSA) is 111 Å². The number of aliphatic hydroxyl groups is 1. The van der Waals surface area contributed by atoms with Crippen molar-refractivity contribution in [3.05, 3.63) is 20.8 Å². The Balaban J connectivity index is 1.93. The van der Waals surface area contributed by atoms with Crippen molar-refractivity contribution in [2.75, 3.05) is 11.9 Å². The van der Waals surface area contributed by atoms with Crippen LogP contribution in [0.25, 0.3) is 0 Å². The minimum absolute atomic E-state index is 0.115. The quantitative estimate of drug-likeness (QED) is 0.565. The van der Waals surface area contributed by atoms with E-state index in [-0.39, 0.29) is 11.9 Å². The molecule has 1 aromatic rings. The number of nitrogens with one attached hydrogen (secondary N) is 3. The van der Waals surface area contributed by atoms with Crippen LogP contribution in [0.4, 0.5) is 5.82 Å². The summed E-state index contributed by atoms with van der Waals surface area (Å²) in [5.41, 5.74) is -1.14. The molecule has 7 nitrogen and oxygen atoms in total. The third-order valence-corrected chi connectivity index (χ3v) is 3.02. The molecule has 17 heavy (non-hydrogen) atoms. The average molecular weight is 240 g/mol. The smallest absolute Gasteiger partial charge is 0.342 e. The van der Waals surface area contributed by atoms with E-state index in [0.29, 0.717) is 12.5 Å².